The fourth-order valence-corrected chi connectivity index (χ4v) is 8.07. The van der Waals surface area contributed by atoms with E-state index in [9.17, 15) is 0 Å². The molecule has 0 heterocycles. The quantitative estimate of drug-likeness (QED) is 0.141. The Balaban J connectivity index is 0.00000111. The zero-order valence-electron chi connectivity index (χ0n) is 17.1. The maximum Gasteiger partial charge on any atom is 2.00 e. The van der Waals surface area contributed by atoms with Gasteiger partial charge >= 0.3 is 20.4 Å². The van der Waals surface area contributed by atoms with Crippen molar-refractivity contribution in [1.29, 1.82) is 0 Å². The Morgan fingerprint density at radius 2 is 0.806 bits per heavy atom. The number of hydrogen-bond donors (Lipinski definition) is 0. The molecule has 0 bridgehead atoms. The van der Waals surface area contributed by atoms with E-state index < -0.39 is 15.8 Å². The molecule has 160 valence electrons. The monoisotopic (exact) mass is 552 g/mol. The SMILES string of the molecule is [CH2-]Cl.[Pd+2].c1ccc(P([CH-]CP(c2ccccc2)c2ccccc2)c2ccccc2)cc1. The third-order valence-corrected chi connectivity index (χ3v) is 9.59. The molecule has 4 aromatic carbocycles. The van der Waals surface area contributed by atoms with Crippen molar-refractivity contribution in [2.45, 2.75) is 0 Å². The number of benzene rings is 4. The number of hydrogen-bond acceptors (Lipinski definition) is 0. The molecule has 4 aromatic rings. The van der Waals surface area contributed by atoms with E-state index in [2.05, 4.69) is 145 Å². The Morgan fingerprint density at radius 1 is 0.516 bits per heavy atom. The molecular weight excluding hydrogens is 528 g/mol. The largest absolute Gasteiger partial charge is 2.00 e. The maximum atomic E-state index is 4.39. The van der Waals surface area contributed by atoms with Gasteiger partial charge < -0.3 is 11.6 Å². The molecule has 0 amide bonds. The molecule has 0 saturated carbocycles. The molecule has 0 saturated heterocycles. The number of halogens is 1. The molecule has 0 nitrogen and oxygen atoms in total. The fraction of sp³-hybridized carbons (Fsp3) is 0.0370. The molecule has 0 atom stereocenters. The summed E-state index contributed by atoms with van der Waals surface area (Å²) >= 11 is 4.39. The van der Waals surface area contributed by atoms with Gasteiger partial charge in [-0.1, -0.05) is 140 Å². The second kappa shape index (κ2) is 14.7. The normalized spacial score (nSPS) is 10.2. The van der Waals surface area contributed by atoms with Crippen molar-refractivity contribution in [1.82, 2.24) is 0 Å². The van der Waals surface area contributed by atoms with Crippen LogP contribution in [0.1, 0.15) is 0 Å². The van der Waals surface area contributed by atoms with E-state index in [4.69, 9.17) is 0 Å². The summed E-state index contributed by atoms with van der Waals surface area (Å²) in [6.45, 7) is 0. The third-order valence-electron chi connectivity index (χ3n) is 4.65. The van der Waals surface area contributed by atoms with Crippen molar-refractivity contribution in [3.8, 4) is 0 Å². The summed E-state index contributed by atoms with van der Waals surface area (Å²) in [5, 5.41) is 5.71. The van der Waals surface area contributed by atoms with Gasteiger partial charge in [-0.05, 0) is 10.6 Å². The Kier molecular flexibility index (Phi) is 12.3. The molecule has 31 heavy (non-hydrogen) atoms. The second-order valence-electron chi connectivity index (χ2n) is 6.51. The standard InChI is InChI=1S/C26H23P2.CH2Cl.Pd/c1-5-13-23(14-6-1)27(24-15-7-2-8-16-24)21-22-28(25-17-9-3-10-18-25)26-19-11-4-12-20-26;1-2;/h1-21H,22H2;1H2;/q2*-1;+2. The van der Waals surface area contributed by atoms with Crippen LogP contribution in [0, 0.1) is 12.5 Å². The van der Waals surface area contributed by atoms with Gasteiger partial charge in [0.2, 0.25) is 0 Å². The van der Waals surface area contributed by atoms with E-state index >= 15 is 0 Å². The summed E-state index contributed by atoms with van der Waals surface area (Å²) in [5.41, 5.74) is 0. The van der Waals surface area contributed by atoms with Gasteiger partial charge in [0.05, 0.1) is 0 Å². The average Bonchev–Trinajstić information content (AvgIpc) is 2.85. The van der Waals surface area contributed by atoms with Crippen LogP contribution in [0.25, 0.3) is 0 Å². The molecule has 0 aliphatic carbocycles. The van der Waals surface area contributed by atoms with Gasteiger partial charge in [0, 0.05) is 0 Å². The maximum absolute atomic E-state index is 4.39. The van der Waals surface area contributed by atoms with Gasteiger partial charge in [-0.15, -0.1) is 6.16 Å². The van der Waals surface area contributed by atoms with Crippen molar-refractivity contribution >= 4 is 48.7 Å². The summed E-state index contributed by atoms with van der Waals surface area (Å²) < 4.78 is 0. The minimum atomic E-state index is -0.473. The van der Waals surface area contributed by atoms with Gasteiger partial charge in [0.25, 0.3) is 0 Å². The van der Waals surface area contributed by atoms with Crippen molar-refractivity contribution < 1.29 is 20.4 Å². The van der Waals surface area contributed by atoms with Crippen molar-refractivity contribution in [2.24, 2.45) is 0 Å². The van der Waals surface area contributed by atoms with Crippen LogP contribution in [0.3, 0.4) is 0 Å². The third kappa shape index (κ3) is 7.65. The van der Waals surface area contributed by atoms with Crippen LogP contribution in [0.4, 0.5) is 0 Å². The topological polar surface area (TPSA) is 0 Å². The van der Waals surface area contributed by atoms with Crippen molar-refractivity contribution in [2.75, 3.05) is 6.16 Å². The first kappa shape index (κ1) is 25.9. The Bertz CT molecular complexity index is 805. The molecule has 0 spiro atoms. The Morgan fingerprint density at radius 3 is 1.13 bits per heavy atom. The van der Waals surface area contributed by atoms with E-state index in [1.54, 1.807) is 0 Å². The average molecular weight is 553 g/mol. The molecule has 0 aliphatic heterocycles. The molecule has 4 rings (SSSR count). The van der Waals surface area contributed by atoms with Crippen LogP contribution in [0.5, 0.6) is 0 Å². The van der Waals surface area contributed by atoms with Crippen LogP contribution < -0.4 is 21.2 Å². The van der Waals surface area contributed by atoms with Crippen LogP contribution in [-0.4, -0.2) is 6.16 Å². The van der Waals surface area contributed by atoms with E-state index in [0.717, 1.165) is 6.16 Å². The minimum Gasteiger partial charge on any atom is -0.352 e. The minimum absolute atomic E-state index is 0. The first-order valence-corrected chi connectivity index (χ1v) is 13.3. The summed E-state index contributed by atoms with van der Waals surface area (Å²) in [7, 11) is -0.876. The zero-order chi connectivity index (χ0) is 21.0. The van der Waals surface area contributed by atoms with Crippen LogP contribution in [-0.2, 0) is 20.4 Å². The molecule has 0 aromatic heterocycles. The van der Waals surface area contributed by atoms with E-state index in [1.807, 2.05) is 0 Å². The zero-order valence-corrected chi connectivity index (χ0v) is 21.2. The van der Waals surface area contributed by atoms with Gasteiger partial charge in [0.15, 0.2) is 0 Å². The molecule has 0 N–H and O–H groups in total. The van der Waals surface area contributed by atoms with E-state index in [-0.39, 0.29) is 20.4 Å². The van der Waals surface area contributed by atoms with Crippen molar-refractivity contribution in [3.63, 3.8) is 0 Å². The summed E-state index contributed by atoms with van der Waals surface area (Å²) in [5.74, 6) is 0. The van der Waals surface area contributed by atoms with Crippen LogP contribution in [0.15, 0.2) is 121 Å². The smallest absolute Gasteiger partial charge is 0.352 e. The summed E-state index contributed by atoms with van der Waals surface area (Å²) in [6, 6.07) is 43.8. The van der Waals surface area contributed by atoms with Crippen LogP contribution in [0.2, 0.25) is 0 Å². The van der Waals surface area contributed by atoms with E-state index in [1.165, 1.54) is 21.2 Å². The summed E-state index contributed by atoms with van der Waals surface area (Å²) in [4.78, 5) is 0. The van der Waals surface area contributed by atoms with Crippen LogP contribution >= 0.6 is 27.4 Å². The first-order valence-electron chi connectivity index (χ1n) is 9.79. The Hall–Kier alpha value is -1.31. The molecule has 0 aliphatic rings. The molecule has 0 unspecified atom stereocenters. The van der Waals surface area contributed by atoms with Gasteiger partial charge in [-0.3, -0.25) is 12.5 Å². The van der Waals surface area contributed by atoms with E-state index in [0.29, 0.717) is 0 Å². The molecular formula is C27H25ClP2Pd. The van der Waals surface area contributed by atoms with Gasteiger partial charge in [-0.2, -0.15) is 0 Å². The van der Waals surface area contributed by atoms with Gasteiger partial charge in [0.1, 0.15) is 0 Å². The fourth-order valence-electron chi connectivity index (χ4n) is 3.28. The number of rotatable bonds is 7. The predicted molar refractivity (Wildman–Crippen MR) is 139 cm³/mol. The molecule has 0 fully saturated rings. The summed E-state index contributed by atoms with van der Waals surface area (Å²) in [6.07, 6.45) is 6.38. The predicted octanol–water partition coefficient (Wildman–Crippen LogP) is 6.43. The first-order chi connectivity index (χ1) is 14.9. The van der Waals surface area contributed by atoms with Crippen molar-refractivity contribution in [3.05, 3.63) is 134 Å². The molecule has 4 heteroatoms. The van der Waals surface area contributed by atoms with Gasteiger partial charge in [-0.25, -0.2) is 7.92 Å². The second-order valence-corrected chi connectivity index (χ2v) is 10.9. The Labute approximate surface area is 208 Å². The molecule has 0 radical (unpaired) electrons.